The third-order valence-corrected chi connectivity index (χ3v) is 5.09. The second-order valence-electron chi connectivity index (χ2n) is 6.46. The highest BCUT2D eigenvalue weighted by molar-refractivity contribution is 6.31. The molecule has 1 aromatic rings. The van der Waals surface area contributed by atoms with Crippen LogP contribution in [0.2, 0.25) is 5.02 Å². The minimum Gasteiger partial charge on any atom is -0.383 e. The van der Waals surface area contributed by atoms with Crippen molar-refractivity contribution in [3.05, 3.63) is 16.4 Å². The monoisotopic (exact) mass is 313 g/mol. The van der Waals surface area contributed by atoms with Crippen molar-refractivity contribution in [1.82, 2.24) is 15.1 Å². The molecule has 0 saturated heterocycles. The topological polar surface area (TPSA) is 39.1 Å². The van der Waals surface area contributed by atoms with Crippen LogP contribution in [-0.2, 0) is 24.6 Å². The van der Waals surface area contributed by atoms with Gasteiger partial charge in [0.2, 0.25) is 0 Å². The van der Waals surface area contributed by atoms with E-state index in [4.69, 9.17) is 16.3 Å². The summed E-state index contributed by atoms with van der Waals surface area (Å²) in [5.74, 6) is 0.795. The predicted octanol–water partition coefficient (Wildman–Crippen LogP) is 2.83. The zero-order chi connectivity index (χ0) is 15.5. The lowest BCUT2D eigenvalue weighted by Crippen LogP contribution is -2.37. The quantitative estimate of drug-likeness (QED) is 0.713. The Morgan fingerprint density at radius 1 is 1.48 bits per heavy atom. The highest BCUT2D eigenvalue weighted by atomic mass is 35.5. The first-order valence-electron chi connectivity index (χ1n) is 7.91. The number of aromatic nitrogens is 2. The number of halogens is 1. The van der Waals surface area contributed by atoms with Crippen LogP contribution in [-0.4, -0.2) is 36.6 Å². The largest absolute Gasteiger partial charge is 0.383 e. The van der Waals surface area contributed by atoms with Gasteiger partial charge in [-0.1, -0.05) is 25.4 Å². The molecule has 0 spiro atoms. The normalized spacial score (nSPS) is 18.0. The third-order valence-electron chi connectivity index (χ3n) is 4.65. The maximum atomic E-state index is 6.52. The number of ether oxygens (including phenoxy) is 1. The second-order valence-corrected chi connectivity index (χ2v) is 6.84. The smallest absolute Gasteiger partial charge is 0.0849 e. The van der Waals surface area contributed by atoms with Gasteiger partial charge in [0, 0.05) is 27.2 Å². The van der Waals surface area contributed by atoms with Gasteiger partial charge < -0.3 is 10.1 Å². The highest BCUT2D eigenvalue weighted by Gasteiger charge is 2.42. The molecule has 1 fully saturated rings. The van der Waals surface area contributed by atoms with Gasteiger partial charge in [0.25, 0.3) is 0 Å². The first-order valence-corrected chi connectivity index (χ1v) is 8.29. The summed E-state index contributed by atoms with van der Waals surface area (Å²) in [5, 5.41) is 8.94. The third kappa shape index (κ3) is 3.99. The van der Waals surface area contributed by atoms with E-state index in [1.807, 2.05) is 11.7 Å². The van der Waals surface area contributed by atoms with Gasteiger partial charge in [-0.05, 0) is 37.0 Å². The van der Waals surface area contributed by atoms with E-state index >= 15 is 0 Å². The molecule has 1 heterocycles. The SMILES string of the molecule is CCc1nn(C)c(CC(C)(CNCCOC)C2CC2)c1Cl. The van der Waals surface area contributed by atoms with Crippen LogP contribution in [0.5, 0.6) is 0 Å². The molecule has 2 rings (SSSR count). The fourth-order valence-corrected chi connectivity index (χ4v) is 3.43. The lowest BCUT2D eigenvalue weighted by atomic mass is 9.80. The molecule has 1 aliphatic rings. The number of rotatable bonds is 9. The van der Waals surface area contributed by atoms with Crippen molar-refractivity contribution in [2.45, 2.75) is 39.5 Å². The van der Waals surface area contributed by atoms with E-state index < -0.39 is 0 Å². The van der Waals surface area contributed by atoms with E-state index in [0.29, 0.717) is 0 Å². The summed E-state index contributed by atoms with van der Waals surface area (Å²) < 4.78 is 7.08. The molecule has 0 radical (unpaired) electrons. The molecule has 4 nitrogen and oxygen atoms in total. The Morgan fingerprint density at radius 3 is 2.71 bits per heavy atom. The Labute approximate surface area is 133 Å². The van der Waals surface area contributed by atoms with Crippen LogP contribution in [0.3, 0.4) is 0 Å². The number of methoxy groups -OCH3 is 1. The summed E-state index contributed by atoms with van der Waals surface area (Å²) in [6.07, 6.45) is 4.54. The predicted molar refractivity (Wildman–Crippen MR) is 86.9 cm³/mol. The summed E-state index contributed by atoms with van der Waals surface area (Å²) in [7, 11) is 3.75. The van der Waals surface area contributed by atoms with Crippen LogP contribution in [0, 0.1) is 11.3 Å². The summed E-state index contributed by atoms with van der Waals surface area (Å²) in [6, 6.07) is 0. The van der Waals surface area contributed by atoms with Crippen LogP contribution < -0.4 is 5.32 Å². The maximum Gasteiger partial charge on any atom is 0.0849 e. The average molecular weight is 314 g/mol. The molecular weight excluding hydrogens is 286 g/mol. The van der Waals surface area contributed by atoms with Gasteiger partial charge in [-0.3, -0.25) is 4.68 Å². The van der Waals surface area contributed by atoms with Gasteiger partial charge in [0.15, 0.2) is 0 Å². The molecule has 1 saturated carbocycles. The minimum atomic E-state index is 0.246. The van der Waals surface area contributed by atoms with Crippen molar-refractivity contribution in [2.75, 3.05) is 26.8 Å². The number of nitrogens with one attached hydrogen (secondary N) is 1. The van der Waals surface area contributed by atoms with Crippen LogP contribution in [0.25, 0.3) is 0 Å². The van der Waals surface area contributed by atoms with E-state index in [1.54, 1.807) is 7.11 Å². The molecule has 0 aliphatic heterocycles. The molecule has 1 aromatic heterocycles. The standard InChI is InChI=1S/C16H28ClN3O/c1-5-13-15(17)14(20(3)19-13)10-16(2,12-6-7-12)11-18-8-9-21-4/h12,18H,5-11H2,1-4H3. The molecule has 0 amide bonds. The Morgan fingerprint density at radius 2 is 2.19 bits per heavy atom. The van der Waals surface area contributed by atoms with Gasteiger partial charge in [-0.15, -0.1) is 0 Å². The lowest BCUT2D eigenvalue weighted by Gasteiger charge is -2.30. The number of hydrogen-bond acceptors (Lipinski definition) is 3. The Hall–Kier alpha value is -0.580. The van der Waals surface area contributed by atoms with E-state index in [0.717, 1.165) is 49.2 Å². The molecule has 1 atom stereocenters. The van der Waals surface area contributed by atoms with Gasteiger partial charge in [0.05, 0.1) is 23.0 Å². The second kappa shape index (κ2) is 7.12. The van der Waals surface area contributed by atoms with E-state index in [-0.39, 0.29) is 5.41 Å². The molecule has 1 unspecified atom stereocenters. The van der Waals surface area contributed by atoms with Crippen LogP contribution >= 0.6 is 11.6 Å². The Balaban J connectivity index is 2.07. The molecular formula is C16H28ClN3O. The fraction of sp³-hybridized carbons (Fsp3) is 0.812. The summed E-state index contributed by atoms with van der Waals surface area (Å²) in [6.45, 7) is 7.14. The van der Waals surface area contributed by atoms with Gasteiger partial charge in [0.1, 0.15) is 0 Å². The Bertz CT molecular complexity index is 470. The average Bonchev–Trinajstić information content (AvgIpc) is 3.27. The van der Waals surface area contributed by atoms with E-state index in [1.165, 1.54) is 18.5 Å². The number of aryl methyl sites for hydroxylation is 2. The van der Waals surface area contributed by atoms with Crippen molar-refractivity contribution in [3.8, 4) is 0 Å². The van der Waals surface area contributed by atoms with Crippen molar-refractivity contribution in [1.29, 1.82) is 0 Å². The molecule has 0 bridgehead atoms. The van der Waals surface area contributed by atoms with Crippen molar-refractivity contribution in [3.63, 3.8) is 0 Å². The van der Waals surface area contributed by atoms with Crippen LogP contribution in [0.4, 0.5) is 0 Å². The number of hydrogen-bond donors (Lipinski definition) is 1. The van der Waals surface area contributed by atoms with Crippen LogP contribution in [0.15, 0.2) is 0 Å². The zero-order valence-electron chi connectivity index (χ0n) is 13.7. The van der Waals surface area contributed by atoms with Gasteiger partial charge >= 0.3 is 0 Å². The molecule has 21 heavy (non-hydrogen) atoms. The first kappa shape index (κ1) is 16.8. The van der Waals surface area contributed by atoms with Crippen molar-refractivity contribution < 1.29 is 4.74 Å². The molecule has 1 aliphatic carbocycles. The maximum absolute atomic E-state index is 6.52. The number of nitrogens with zero attached hydrogens (tertiary/aromatic N) is 2. The molecule has 0 aromatic carbocycles. The van der Waals surface area contributed by atoms with Crippen LogP contribution in [0.1, 0.15) is 38.1 Å². The minimum absolute atomic E-state index is 0.246. The summed E-state index contributed by atoms with van der Waals surface area (Å²) in [4.78, 5) is 0. The fourth-order valence-electron chi connectivity index (χ4n) is 3.07. The summed E-state index contributed by atoms with van der Waals surface area (Å²) >= 11 is 6.52. The first-order chi connectivity index (χ1) is 10.0. The van der Waals surface area contributed by atoms with E-state index in [2.05, 4.69) is 24.3 Å². The van der Waals surface area contributed by atoms with E-state index in [9.17, 15) is 0 Å². The Kier molecular flexibility index (Phi) is 5.69. The summed E-state index contributed by atoms with van der Waals surface area (Å²) in [5.41, 5.74) is 2.44. The lowest BCUT2D eigenvalue weighted by molar-refractivity contribution is 0.186. The zero-order valence-corrected chi connectivity index (χ0v) is 14.5. The highest BCUT2D eigenvalue weighted by Crippen LogP contribution is 2.47. The molecule has 120 valence electrons. The van der Waals surface area contributed by atoms with Gasteiger partial charge in [-0.25, -0.2) is 0 Å². The molecule has 1 N–H and O–H groups in total. The van der Waals surface area contributed by atoms with Gasteiger partial charge in [-0.2, -0.15) is 5.10 Å². The van der Waals surface area contributed by atoms with Crippen molar-refractivity contribution in [2.24, 2.45) is 18.4 Å². The molecule has 5 heteroatoms. The van der Waals surface area contributed by atoms with Crippen molar-refractivity contribution >= 4 is 11.6 Å².